The van der Waals surface area contributed by atoms with Gasteiger partial charge in [-0.05, 0) is 42.7 Å². The van der Waals surface area contributed by atoms with Crippen LogP contribution in [-0.4, -0.2) is 17.6 Å². The molecule has 5 heteroatoms. The summed E-state index contributed by atoms with van der Waals surface area (Å²) < 4.78 is 32.2. The van der Waals surface area contributed by atoms with Crippen LogP contribution in [-0.2, 0) is 11.3 Å². The van der Waals surface area contributed by atoms with Crippen LogP contribution in [0, 0.1) is 18.6 Å². The van der Waals surface area contributed by atoms with Crippen molar-refractivity contribution in [3.8, 4) is 0 Å². The number of nitrogens with zero attached hydrogens (tertiary/aromatic N) is 1. The molecule has 116 valence electrons. The molecule has 1 N–H and O–H groups in total. The summed E-state index contributed by atoms with van der Waals surface area (Å²) in [5.74, 6) is -1.67. The maximum absolute atomic E-state index is 13.4. The largest absolute Gasteiger partial charge is 0.372 e. The number of pyridine rings is 1. The van der Waals surface area contributed by atoms with Crippen LogP contribution in [0.1, 0.15) is 29.3 Å². The van der Waals surface area contributed by atoms with Gasteiger partial charge in [-0.1, -0.05) is 12.1 Å². The van der Waals surface area contributed by atoms with Gasteiger partial charge >= 0.3 is 0 Å². The Morgan fingerprint density at radius 3 is 2.91 bits per heavy atom. The molecule has 0 unspecified atom stereocenters. The molecule has 1 aromatic heterocycles. The zero-order valence-corrected chi connectivity index (χ0v) is 12.4. The maximum Gasteiger partial charge on any atom is 0.159 e. The van der Waals surface area contributed by atoms with Crippen molar-refractivity contribution in [3.63, 3.8) is 0 Å². The minimum Gasteiger partial charge on any atom is -0.372 e. The lowest BCUT2D eigenvalue weighted by Gasteiger charge is -2.21. The molecule has 0 bridgehead atoms. The Morgan fingerprint density at radius 2 is 2.14 bits per heavy atom. The Bertz CT molecular complexity index is 663. The monoisotopic (exact) mass is 304 g/mol. The first-order valence-corrected chi connectivity index (χ1v) is 7.35. The van der Waals surface area contributed by atoms with Crippen LogP contribution in [0.5, 0.6) is 0 Å². The predicted molar refractivity (Wildman–Crippen MR) is 79.3 cm³/mol. The highest BCUT2D eigenvalue weighted by Crippen LogP contribution is 2.30. The van der Waals surface area contributed by atoms with Crippen LogP contribution in [0.3, 0.4) is 0 Å². The lowest BCUT2D eigenvalue weighted by Crippen LogP contribution is -2.31. The molecule has 0 radical (unpaired) electrons. The molecule has 3 nitrogen and oxygen atoms in total. The quantitative estimate of drug-likeness (QED) is 0.941. The lowest BCUT2D eigenvalue weighted by atomic mass is 10.0. The first kappa shape index (κ1) is 15.1. The second-order valence-electron chi connectivity index (χ2n) is 5.49. The van der Waals surface area contributed by atoms with Gasteiger partial charge in [0.1, 0.15) is 0 Å². The minimum atomic E-state index is -0.838. The average Bonchev–Trinajstić information content (AvgIpc) is 2.98. The van der Waals surface area contributed by atoms with E-state index in [0.717, 1.165) is 23.7 Å². The van der Waals surface area contributed by atoms with Gasteiger partial charge in [0.05, 0.1) is 6.10 Å². The van der Waals surface area contributed by atoms with Gasteiger partial charge in [-0.3, -0.25) is 4.98 Å². The third kappa shape index (κ3) is 3.15. The standard InChI is InChI=1S/C17H18F2N2O/c1-11-13(3-2-7-20-11)10-21-16-6-8-22-17(16)12-4-5-14(18)15(19)9-12/h2-5,7,9,16-17,21H,6,8,10H2,1H3/t16-,17-/m0/s1. The topological polar surface area (TPSA) is 34.2 Å². The molecule has 1 saturated heterocycles. The number of halogens is 2. The molecule has 0 aliphatic carbocycles. The summed E-state index contributed by atoms with van der Waals surface area (Å²) >= 11 is 0. The molecular weight excluding hydrogens is 286 g/mol. The van der Waals surface area contributed by atoms with Crippen molar-refractivity contribution < 1.29 is 13.5 Å². The van der Waals surface area contributed by atoms with Crippen molar-refractivity contribution >= 4 is 0 Å². The number of hydrogen-bond acceptors (Lipinski definition) is 3. The molecule has 2 aromatic rings. The zero-order chi connectivity index (χ0) is 15.5. The molecule has 1 aliphatic rings. The first-order chi connectivity index (χ1) is 10.6. The average molecular weight is 304 g/mol. The summed E-state index contributed by atoms with van der Waals surface area (Å²) in [5, 5.41) is 3.44. The van der Waals surface area contributed by atoms with Crippen LogP contribution >= 0.6 is 0 Å². The molecule has 1 aromatic carbocycles. The Hall–Kier alpha value is -1.85. The van der Waals surface area contributed by atoms with E-state index in [9.17, 15) is 8.78 Å². The molecule has 2 atom stereocenters. The van der Waals surface area contributed by atoms with E-state index in [1.54, 1.807) is 12.3 Å². The van der Waals surface area contributed by atoms with Crippen molar-refractivity contribution in [1.29, 1.82) is 0 Å². The summed E-state index contributed by atoms with van der Waals surface area (Å²) in [6.45, 7) is 3.25. The Balaban J connectivity index is 1.70. The zero-order valence-electron chi connectivity index (χ0n) is 12.4. The van der Waals surface area contributed by atoms with Gasteiger partial charge in [0.15, 0.2) is 11.6 Å². The molecule has 0 amide bonds. The highest BCUT2D eigenvalue weighted by Gasteiger charge is 2.29. The summed E-state index contributed by atoms with van der Waals surface area (Å²) in [6.07, 6.45) is 2.34. The molecular formula is C17H18F2N2O. The van der Waals surface area contributed by atoms with Gasteiger partial charge in [-0.2, -0.15) is 0 Å². The number of ether oxygens (including phenoxy) is 1. The van der Waals surface area contributed by atoms with Gasteiger partial charge in [0.2, 0.25) is 0 Å². The minimum absolute atomic E-state index is 0.0736. The molecule has 2 heterocycles. The fraction of sp³-hybridized carbons (Fsp3) is 0.353. The van der Waals surface area contributed by atoms with Crippen LogP contribution in [0.15, 0.2) is 36.5 Å². The molecule has 22 heavy (non-hydrogen) atoms. The van der Waals surface area contributed by atoms with Gasteiger partial charge in [0, 0.05) is 31.1 Å². The van der Waals surface area contributed by atoms with E-state index < -0.39 is 11.6 Å². The second kappa shape index (κ2) is 6.50. The van der Waals surface area contributed by atoms with Crippen molar-refractivity contribution in [2.75, 3.05) is 6.61 Å². The van der Waals surface area contributed by atoms with Crippen LogP contribution < -0.4 is 5.32 Å². The van der Waals surface area contributed by atoms with E-state index in [-0.39, 0.29) is 12.1 Å². The van der Waals surface area contributed by atoms with Crippen molar-refractivity contribution in [2.24, 2.45) is 0 Å². The van der Waals surface area contributed by atoms with E-state index in [0.29, 0.717) is 18.7 Å². The van der Waals surface area contributed by atoms with Gasteiger partial charge in [-0.15, -0.1) is 0 Å². The predicted octanol–water partition coefficient (Wildman–Crippen LogP) is 3.29. The molecule has 1 aliphatic heterocycles. The fourth-order valence-corrected chi connectivity index (χ4v) is 2.76. The maximum atomic E-state index is 13.4. The summed E-state index contributed by atoms with van der Waals surface area (Å²) in [6, 6.07) is 7.95. The van der Waals surface area contributed by atoms with Crippen LogP contribution in [0.25, 0.3) is 0 Å². The van der Waals surface area contributed by atoms with Gasteiger partial charge in [0.25, 0.3) is 0 Å². The second-order valence-corrected chi connectivity index (χ2v) is 5.49. The van der Waals surface area contributed by atoms with E-state index in [1.807, 2.05) is 19.1 Å². The molecule has 1 fully saturated rings. The normalized spacial score (nSPS) is 21.2. The highest BCUT2D eigenvalue weighted by molar-refractivity contribution is 5.23. The van der Waals surface area contributed by atoms with Gasteiger partial charge in [-0.25, -0.2) is 8.78 Å². The third-order valence-electron chi connectivity index (χ3n) is 4.03. The summed E-state index contributed by atoms with van der Waals surface area (Å²) in [7, 11) is 0. The van der Waals surface area contributed by atoms with E-state index in [2.05, 4.69) is 10.3 Å². The highest BCUT2D eigenvalue weighted by atomic mass is 19.2. The SMILES string of the molecule is Cc1ncccc1CN[C@H]1CCO[C@H]1c1ccc(F)c(F)c1. The molecule has 3 rings (SSSR count). The number of hydrogen-bond donors (Lipinski definition) is 1. The third-order valence-corrected chi connectivity index (χ3v) is 4.03. The number of aryl methyl sites for hydroxylation is 1. The first-order valence-electron chi connectivity index (χ1n) is 7.35. The molecule has 0 saturated carbocycles. The number of aromatic nitrogens is 1. The number of rotatable bonds is 4. The van der Waals surface area contributed by atoms with Crippen molar-refractivity contribution in [2.45, 2.75) is 32.0 Å². The summed E-state index contributed by atoms with van der Waals surface area (Å²) in [5.41, 5.74) is 2.77. The van der Waals surface area contributed by atoms with E-state index >= 15 is 0 Å². The van der Waals surface area contributed by atoms with Gasteiger partial charge < -0.3 is 10.1 Å². The Labute approximate surface area is 128 Å². The molecule has 0 spiro atoms. The van der Waals surface area contributed by atoms with Crippen molar-refractivity contribution in [1.82, 2.24) is 10.3 Å². The Morgan fingerprint density at radius 1 is 1.27 bits per heavy atom. The fourth-order valence-electron chi connectivity index (χ4n) is 2.76. The number of benzene rings is 1. The van der Waals surface area contributed by atoms with Crippen LogP contribution in [0.2, 0.25) is 0 Å². The lowest BCUT2D eigenvalue weighted by molar-refractivity contribution is 0.0981. The smallest absolute Gasteiger partial charge is 0.159 e. The summed E-state index contributed by atoms with van der Waals surface area (Å²) in [4.78, 5) is 4.26. The van der Waals surface area contributed by atoms with E-state index in [1.165, 1.54) is 6.07 Å². The van der Waals surface area contributed by atoms with Crippen molar-refractivity contribution in [3.05, 3.63) is 65.0 Å². The van der Waals surface area contributed by atoms with Crippen LogP contribution in [0.4, 0.5) is 8.78 Å². The Kier molecular flexibility index (Phi) is 4.45. The van der Waals surface area contributed by atoms with E-state index in [4.69, 9.17) is 4.74 Å². The number of nitrogens with one attached hydrogen (secondary N) is 1.